The zero-order valence-electron chi connectivity index (χ0n) is 20.4. The van der Waals surface area contributed by atoms with E-state index in [1.54, 1.807) is 36.1 Å². The van der Waals surface area contributed by atoms with Crippen LogP contribution in [0.4, 0.5) is 5.69 Å². The van der Waals surface area contributed by atoms with Crippen molar-refractivity contribution in [2.75, 3.05) is 37.3 Å². The van der Waals surface area contributed by atoms with Gasteiger partial charge in [-0.2, -0.15) is 0 Å². The molecule has 0 saturated heterocycles. The number of carbonyl (C=O) groups is 2. The third-order valence-electron chi connectivity index (χ3n) is 5.50. The average molecular weight is 490 g/mol. The van der Waals surface area contributed by atoms with E-state index in [-0.39, 0.29) is 24.8 Å². The minimum Gasteiger partial charge on any atom is -0.497 e. The second-order valence-electron chi connectivity index (χ2n) is 8.03. The molecule has 186 valence electrons. The van der Waals surface area contributed by atoms with Gasteiger partial charge >= 0.3 is 0 Å². The fourth-order valence-electron chi connectivity index (χ4n) is 3.66. The van der Waals surface area contributed by atoms with Crippen LogP contribution in [0.5, 0.6) is 5.75 Å². The lowest BCUT2D eigenvalue weighted by molar-refractivity contribution is -0.139. The minimum absolute atomic E-state index is 0.120. The predicted molar refractivity (Wildman–Crippen MR) is 134 cm³/mol. The number of amides is 2. The topological polar surface area (TPSA) is 96.0 Å². The lowest BCUT2D eigenvalue weighted by atomic mass is 10.1. The van der Waals surface area contributed by atoms with Crippen LogP contribution in [0.2, 0.25) is 0 Å². The molecule has 9 heteroatoms. The number of benzene rings is 2. The number of likely N-dealkylation sites (N-methyl/N-ethyl adjacent to an activating group) is 1. The Hall–Kier alpha value is -3.07. The Kier molecular flexibility index (Phi) is 10.4. The Morgan fingerprint density at radius 2 is 1.76 bits per heavy atom. The molecule has 0 fully saturated rings. The van der Waals surface area contributed by atoms with Crippen LogP contribution in [0.1, 0.15) is 32.3 Å². The van der Waals surface area contributed by atoms with E-state index in [2.05, 4.69) is 5.32 Å². The summed E-state index contributed by atoms with van der Waals surface area (Å²) in [6.45, 7) is 4.56. The van der Waals surface area contributed by atoms with Crippen molar-refractivity contribution in [3.8, 4) is 5.75 Å². The number of ether oxygens (including phenoxy) is 1. The molecule has 2 aromatic carbocycles. The Labute approximate surface area is 202 Å². The van der Waals surface area contributed by atoms with Crippen LogP contribution in [-0.2, 0) is 26.0 Å². The fraction of sp³-hybridized carbons (Fsp3) is 0.440. The Bertz CT molecular complexity index is 1040. The van der Waals surface area contributed by atoms with E-state index in [4.69, 9.17) is 4.74 Å². The Balaban J connectivity index is 2.10. The van der Waals surface area contributed by atoms with E-state index in [9.17, 15) is 18.0 Å². The number of nitrogens with one attached hydrogen (secondary N) is 1. The van der Waals surface area contributed by atoms with Crippen molar-refractivity contribution < 1.29 is 22.7 Å². The number of hydrogen-bond donors (Lipinski definition) is 1. The van der Waals surface area contributed by atoms with Gasteiger partial charge in [-0.05, 0) is 44.4 Å². The van der Waals surface area contributed by atoms with Crippen LogP contribution in [0.15, 0.2) is 54.6 Å². The van der Waals surface area contributed by atoms with E-state index < -0.39 is 16.1 Å². The van der Waals surface area contributed by atoms with E-state index in [1.807, 2.05) is 37.3 Å². The number of methoxy groups -OCH3 is 1. The summed E-state index contributed by atoms with van der Waals surface area (Å²) in [5.41, 5.74) is 1.55. The van der Waals surface area contributed by atoms with E-state index >= 15 is 0 Å². The van der Waals surface area contributed by atoms with Gasteiger partial charge in [0.1, 0.15) is 11.8 Å². The van der Waals surface area contributed by atoms with Crippen molar-refractivity contribution in [2.24, 2.45) is 0 Å². The molecule has 2 amide bonds. The fourth-order valence-corrected chi connectivity index (χ4v) is 4.62. The van der Waals surface area contributed by atoms with Gasteiger partial charge in [0.15, 0.2) is 0 Å². The molecule has 8 nitrogen and oxygen atoms in total. The number of nitrogens with zero attached hydrogens (tertiary/aromatic N) is 2. The molecule has 2 rings (SSSR count). The second kappa shape index (κ2) is 13.0. The highest BCUT2D eigenvalue weighted by Gasteiger charge is 2.26. The molecule has 0 aromatic heterocycles. The summed E-state index contributed by atoms with van der Waals surface area (Å²) in [6.07, 6.45) is 2.19. The van der Waals surface area contributed by atoms with Crippen LogP contribution in [0, 0.1) is 0 Å². The van der Waals surface area contributed by atoms with Gasteiger partial charge in [0.05, 0.1) is 19.1 Å². The van der Waals surface area contributed by atoms with Crippen LogP contribution in [0.3, 0.4) is 0 Å². The highest BCUT2D eigenvalue weighted by molar-refractivity contribution is 7.92. The van der Waals surface area contributed by atoms with Crippen LogP contribution < -0.4 is 14.4 Å². The number of sulfonamides is 1. The molecular weight excluding hydrogens is 454 g/mol. The first-order chi connectivity index (χ1) is 16.2. The highest BCUT2D eigenvalue weighted by atomic mass is 32.2. The quantitative estimate of drug-likeness (QED) is 0.467. The largest absolute Gasteiger partial charge is 0.497 e. The van der Waals surface area contributed by atoms with Gasteiger partial charge in [-0.25, -0.2) is 8.42 Å². The molecule has 0 spiro atoms. The van der Waals surface area contributed by atoms with Crippen molar-refractivity contribution in [3.05, 3.63) is 60.2 Å². The number of carbonyl (C=O) groups excluding carboxylic acids is 2. The van der Waals surface area contributed by atoms with Gasteiger partial charge in [0.25, 0.3) is 0 Å². The third-order valence-corrected chi connectivity index (χ3v) is 6.69. The maximum absolute atomic E-state index is 13.1. The Morgan fingerprint density at radius 1 is 1.06 bits per heavy atom. The van der Waals surface area contributed by atoms with Crippen LogP contribution >= 0.6 is 0 Å². The first kappa shape index (κ1) is 27.2. The maximum Gasteiger partial charge on any atom is 0.242 e. The molecule has 34 heavy (non-hydrogen) atoms. The molecule has 0 aliphatic heterocycles. The monoisotopic (exact) mass is 489 g/mol. The summed E-state index contributed by atoms with van der Waals surface area (Å²) in [5.74, 6) is 0.150. The molecule has 0 aliphatic rings. The molecule has 1 N–H and O–H groups in total. The molecule has 0 aliphatic carbocycles. The highest BCUT2D eigenvalue weighted by Crippen LogP contribution is 2.23. The number of rotatable bonds is 13. The summed E-state index contributed by atoms with van der Waals surface area (Å²) in [6, 6.07) is 15.9. The van der Waals surface area contributed by atoms with Gasteiger partial charge in [0, 0.05) is 32.1 Å². The maximum atomic E-state index is 13.1. The summed E-state index contributed by atoms with van der Waals surface area (Å²) in [7, 11) is -2.04. The predicted octanol–water partition coefficient (Wildman–Crippen LogP) is 2.84. The Morgan fingerprint density at radius 3 is 2.38 bits per heavy atom. The molecule has 0 bridgehead atoms. The average Bonchev–Trinajstić information content (AvgIpc) is 2.81. The molecule has 0 unspecified atom stereocenters. The standard InChI is InChI=1S/C25H35N3O5S/c1-5-26-25(30)20(2)27(18-16-21-11-7-6-8-12-21)24(29)15-10-17-28(34(4,31)32)22-13-9-14-23(19-22)33-3/h6-9,11-14,19-20H,5,10,15-18H2,1-4H3,(H,26,30)/t20-/m1/s1. The normalized spacial score (nSPS) is 12.0. The summed E-state index contributed by atoms with van der Waals surface area (Å²) < 4.78 is 31.3. The van der Waals surface area contributed by atoms with Crippen molar-refractivity contribution in [1.82, 2.24) is 10.2 Å². The molecular formula is C25H35N3O5S. The first-order valence-corrected chi connectivity index (χ1v) is 13.2. The van der Waals surface area contributed by atoms with Crippen molar-refractivity contribution in [1.29, 1.82) is 0 Å². The van der Waals surface area contributed by atoms with Crippen LogP contribution in [-0.4, -0.2) is 64.2 Å². The van der Waals surface area contributed by atoms with Crippen molar-refractivity contribution >= 4 is 27.5 Å². The molecule has 0 heterocycles. The molecule has 0 saturated carbocycles. The van der Waals surface area contributed by atoms with Gasteiger partial charge in [-0.15, -0.1) is 0 Å². The van der Waals surface area contributed by atoms with Crippen molar-refractivity contribution in [2.45, 2.75) is 39.2 Å². The van der Waals surface area contributed by atoms with E-state index in [0.29, 0.717) is 37.4 Å². The smallest absolute Gasteiger partial charge is 0.242 e. The SMILES string of the molecule is CCNC(=O)[C@@H](C)N(CCc1ccccc1)C(=O)CCCN(c1cccc(OC)c1)S(C)(=O)=O. The summed E-state index contributed by atoms with van der Waals surface area (Å²) >= 11 is 0. The molecule has 0 radical (unpaired) electrons. The van der Waals surface area contributed by atoms with E-state index in [0.717, 1.165) is 11.8 Å². The van der Waals surface area contributed by atoms with E-state index in [1.165, 1.54) is 11.4 Å². The van der Waals surface area contributed by atoms with Gasteiger partial charge in [-0.1, -0.05) is 36.4 Å². The third kappa shape index (κ3) is 8.06. The summed E-state index contributed by atoms with van der Waals surface area (Å²) in [4.78, 5) is 27.2. The van der Waals surface area contributed by atoms with Gasteiger partial charge in [0.2, 0.25) is 21.8 Å². The second-order valence-corrected chi connectivity index (χ2v) is 9.94. The minimum atomic E-state index is -3.56. The zero-order valence-corrected chi connectivity index (χ0v) is 21.2. The molecule has 2 aromatic rings. The van der Waals surface area contributed by atoms with Crippen LogP contribution in [0.25, 0.3) is 0 Å². The molecule has 1 atom stereocenters. The number of anilines is 1. The number of hydrogen-bond acceptors (Lipinski definition) is 5. The van der Waals surface area contributed by atoms with Gasteiger partial charge in [-0.3, -0.25) is 13.9 Å². The van der Waals surface area contributed by atoms with Crippen molar-refractivity contribution in [3.63, 3.8) is 0 Å². The zero-order chi connectivity index (χ0) is 25.1. The van der Waals surface area contributed by atoms with Gasteiger partial charge < -0.3 is 15.0 Å². The lowest BCUT2D eigenvalue weighted by Crippen LogP contribution is -2.48. The summed E-state index contributed by atoms with van der Waals surface area (Å²) in [5, 5.41) is 2.77. The first-order valence-electron chi connectivity index (χ1n) is 11.4. The lowest BCUT2D eigenvalue weighted by Gasteiger charge is -2.29.